The summed E-state index contributed by atoms with van der Waals surface area (Å²) in [6.45, 7) is 6.53. The normalized spacial score (nSPS) is 12.9. The van der Waals surface area contributed by atoms with E-state index in [1.165, 1.54) is 0 Å². The average Bonchev–Trinajstić information content (AvgIpc) is 2.53. The lowest BCUT2D eigenvalue weighted by Crippen LogP contribution is -2.39. The SMILES string of the molecule is CCC(CC)N(CCOC)CC(O)c1ccc(OC)cc1. The molecule has 0 radical (unpaired) electrons. The fourth-order valence-electron chi connectivity index (χ4n) is 2.59. The van der Waals surface area contributed by atoms with Gasteiger partial charge in [0, 0.05) is 26.2 Å². The molecule has 0 aromatic heterocycles. The minimum absolute atomic E-state index is 0.480. The molecule has 4 nitrogen and oxygen atoms in total. The van der Waals surface area contributed by atoms with E-state index in [0.29, 0.717) is 19.2 Å². The molecule has 4 heteroatoms. The van der Waals surface area contributed by atoms with Crippen molar-refractivity contribution >= 4 is 0 Å². The monoisotopic (exact) mass is 295 g/mol. The van der Waals surface area contributed by atoms with Crippen LogP contribution in [-0.4, -0.2) is 50.0 Å². The van der Waals surface area contributed by atoms with Crippen LogP contribution in [0.2, 0.25) is 0 Å². The van der Waals surface area contributed by atoms with Crippen LogP contribution in [0.3, 0.4) is 0 Å². The Morgan fingerprint density at radius 3 is 2.19 bits per heavy atom. The molecule has 120 valence electrons. The Morgan fingerprint density at radius 1 is 1.10 bits per heavy atom. The third kappa shape index (κ3) is 5.65. The number of ether oxygens (including phenoxy) is 2. The lowest BCUT2D eigenvalue weighted by Gasteiger charge is -2.32. The van der Waals surface area contributed by atoms with Crippen molar-refractivity contribution in [1.82, 2.24) is 4.90 Å². The highest BCUT2D eigenvalue weighted by Crippen LogP contribution is 2.20. The summed E-state index contributed by atoms with van der Waals surface area (Å²) in [6.07, 6.45) is 1.67. The molecule has 1 aromatic carbocycles. The van der Waals surface area contributed by atoms with Gasteiger partial charge in [0.2, 0.25) is 0 Å². The van der Waals surface area contributed by atoms with Crippen molar-refractivity contribution in [1.29, 1.82) is 0 Å². The minimum Gasteiger partial charge on any atom is -0.497 e. The highest BCUT2D eigenvalue weighted by molar-refractivity contribution is 5.28. The Labute approximate surface area is 128 Å². The van der Waals surface area contributed by atoms with E-state index in [2.05, 4.69) is 18.7 Å². The Kier molecular flexibility index (Phi) is 8.35. The Hall–Kier alpha value is -1.10. The quantitative estimate of drug-likeness (QED) is 0.721. The van der Waals surface area contributed by atoms with Crippen molar-refractivity contribution in [3.05, 3.63) is 29.8 Å². The highest BCUT2D eigenvalue weighted by atomic mass is 16.5. The van der Waals surface area contributed by atoms with Gasteiger partial charge >= 0.3 is 0 Å². The minimum atomic E-state index is -0.492. The molecular formula is C17H29NO3. The van der Waals surface area contributed by atoms with E-state index in [-0.39, 0.29) is 0 Å². The summed E-state index contributed by atoms with van der Waals surface area (Å²) < 4.78 is 10.3. The number of methoxy groups -OCH3 is 2. The summed E-state index contributed by atoms with van der Waals surface area (Å²) in [6, 6.07) is 8.09. The van der Waals surface area contributed by atoms with Crippen LogP contribution in [0.25, 0.3) is 0 Å². The summed E-state index contributed by atoms with van der Waals surface area (Å²) in [4.78, 5) is 2.32. The molecule has 0 amide bonds. The average molecular weight is 295 g/mol. The molecule has 0 aliphatic rings. The second-order valence-corrected chi connectivity index (χ2v) is 5.25. The van der Waals surface area contributed by atoms with E-state index >= 15 is 0 Å². The van der Waals surface area contributed by atoms with Crippen LogP contribution in [0.15, 0.2) is 24.3 Å². The third-order valence-electron chi connectivity index (χ3n) is 3.95. The predicted octanol–water partition coefficient (Wildman–Crippen LogP) is 2.87. The number of aliphatic hydroxyl groups excluding tert-OH is 1. The van der Waals surface area contributed by atoms with Crippen molar-refractivity contribution in [3.63, 3.8) is 0 Å². The molecular weight excluding hydrogens is 266 g/mol. The van der Waals surface area contributed by atoms with Crippen LogP contribution in [-0.2, 0) is 4.74 Å². The molecule has 0 heterocycles. The fourth-order valence-corrected chi connectivity index (χ4v) is 2.59. The van der Waals surface area contributed by atoms with Crippen LogP contribution in [0.1, 0.15) is 38.4 Å². The van der Waals surface area contributed by atoms with Gasteiger partial charge in [-0.1, -0.05) is 26.0 Å². The van der Waals surface area contributed by atoms with Gasteiger partial charge in [0.15, 0.2) is 0 Å². The van der Waals surface area contributed by atoms with Crippen molar-refractivity contribution in [2.24, 2.45) is 0 Å². The van der Waals surface area contributed by atoms with Gasteiger partial charge in [0.25, 0.3) is 0 Å². The van der Waals surface area contributed by atoms with Crippen LogP contribution < -0.4 is 4.74 Å². The Morgan fingerprint density at radius 2 is 1.71 bits per heavy atom. The van der Waals surface area contributed by atoms with Crippen molar-refractivity contribution < 1.29 is 14.6 Å². The molecule has 0 aliphatic heterocycles. The molecule has 1 rings (SSSR count). The first kappa shape index (κ1) is 18.0. The van der Waals surface area contributed by atoms with Crippen LogP contribution in [0, 0.1) is 0 Å². The van der Waals surface area contributed by atoms with Crippen LogP contribution >= 0.6 is 0 Å². The topological polar surface area (TPSA) is 41.9 Å². The summed E-state index contributed by atoms with van der Waals surface area (Å²) in [5.41, 5.74) is 0.921. The summed E-state index contributed by atoms with van der Waals surface area (Å²) in [5, 5.41) is 10.5. The molecule has 0 bridgehead atoms. The van der Waals surface area contributed by atoms with E-state index in [4.69, 9.17) is 9.47 Å². The standard InChI is InChI=1S/C17H29NO3/c1-5-15(6-2)18(11-12-20-3)13-17(19)14-7-9-16(21-4)10-8-14/h7-10,15,17,19H,5-6,11-13H2,1-4H3. The van der Waals surface area contributed by atoms with Crippen LogP contribution in [0.5, 0.6) is 5.75 Å². The first-order valence-corrected chi connectivity index (χ1v) is 7.71. The van der Waals surface area contributed by atoms with E-state index in [9.17, 15) is 5.11 Å². The molecule has 21 heavy (non-hydrogen) atoms. The lowest BCUT2D eigenvalue weighted by molar-refractivity contribution is 0.0608. The van der Waals surface area contributed by atoms with Gasteiger partial charge in [0.05, 0.1) is 19.8 Å². The predicted molar refractivity (Wildman–Crippen MR) is 85.8 cm³/mol. The number of hydrogen-bond donors (Lipinski definition) is 1. The van der Waals surface area contributed by atoms with Gasteiger partial charge < -0.3 is 14.6 Å². The van der Waals surface area contributed by atoms with Gasteiger partial charge in [-0.3, -0.25) is 4.90 Å². The third-order valence-corrected chi connectivity index (χ3v) is 3.95. The number of rotatable bonds is 10. The van der Waals surface area contributed by atoms with Gasteiger partial charge in [-0.15, -0.1) is 0 Å². The smallest absolute Gasteiger partial charge is 0.118 e. The molecule has 1 unspecified atom stereocenters. The first-order chi connectivity index (χ1) is 10.2. The first-order valence-electron chi connectivity index (χ1n) is 7.71. The van der Waals surface area contributed by atoms with Gasteiger partial charge in [-0.05, 0) is 30.5 Å². The number of aliphatic hydroxyl groups is 1. The zero-order valence-corrected chi connectivity index (χ0v) is 13.7. The number of benzene rings is 1. The van der Waals surface area contributed by atoms with Gasteiger partial charge in [-0.25, -0.2) is 0 Å². The molecule has 1 N–H and O–H groups in total. The second-order valence-electron chi connectivity index (χ2n) is 5.25. The zero-order chi connectivity index (χ0) is 15.7. The fraction of sp³-hybridized carbons (Fsp3) is 0.647. The molecule has 0 fully saturated rings. The summed E-state index contributed by atoms with van der Waals surface area (Å²) >= 11 is 0. The van der Waals surface area contributed by atoms with Crippen molar-refractivity contribution in [2.45, 2.75) is 38.8 Å². The molecule has 0 aliphatic carbocycles. The van der Waals surface area contributed by atoms with E-state index in [0.717, 1.165) is 30.7 Å². The van der Waals surface area contributed by atoms with E-state index < -0.39 is 6.10 Å². The summed E-state index contributed by atoms with van der Waals surface area (Å²) in [7, 11) is 3.36. The second kappa shape index (κ2) is 9.77. The Bertz CT molecular complexity index is 376. The lowest BCUT2D eigenvalue weighted by atomic mass is 10.1. The van der Waals surface area contributed by atoms with Crippen molar-refractivity contribution in [3.8, 4) is 5.75 Å². The largest absolute Gasteiger partial charge is 0.497 e. The molecule has 1 aromatic rings. The number of nitrogens with zero attached hydrogens (tertiary/aromatic N) is 1. The van der Waals surface area contributed by atoms with E-state index in [1.54, 1.807) is 14.2 Å². The van der Waals surface area contributed by atoms with Crippen LogP contribution in [0.4, 0.5) is 0 Å². The van der Waals surface area contributed by atoms with Crippen molar-refractivity contribution in [2.75, 3.05) is 33.9 Å². The molecule has 0 saturated heterocycles. The Balaban J connectivity index is 2.70. The maximum atomic E-state index is 10.5. The highest BCUT2D eigenvalue weighted by Gasteiger charge is 2.19. The van der Waals surface area contributed by atoms with Gasteiger partial charge in [0.1, 0.15) is 5.75 Å². The number of hydrogen-bond acceptors (Lipinski definition) is 4. The molecule has 0 spiro atoms. The maximum absolute atomic E-state index is 10.5. The maximum Gasteiger partial charge on any atom is 0.118 e. The zero-order valence-electron chi connectivity index (χ0n) is 13.7. The summed E-state index contributed by atoms with van der Waals surface area (Å²) in [5.74, 6) is 0.808. The molecule has 1 atom stereocenters. The van der Waals surface area contributed by atoms with Gasteiger partial charge in [-0.2, -0.15) is 0 Å². The molecule has 0 saturated carbocycles. The van der Waals surface area contributed by atoms with E-state index in [1.807, 2.05) is 24.3 Å².